The number of carbonyl (C=O) groups excluding carboxylic acids is 2. The summed E-state index contributed by atoms with van der Waals surface area (Å²) in [4.78, 5) is 28.4. The summed E-state index contributed by atoms with van der Waals surface area (Å²) in [5, 5.41) is 3.19. The van der Waals surface area contributed by atoms with E-state index in [2.05, 4.69) is 5.32 Å². The molecule has 1 aliphatic carbocycles. The molecule has 2 fully saturated rings. The van der Waals surface area contributed by atoms with Crippen LogP contribution in [0.25, 0.3) is 0 Å². The van der Waals surface area contributed by atoms with Crippen molar-refractivity contribution < 1.29 is 9.59 Å². The SMILES string of the molecule is CN(C(=O)CC1NCCN(CC2CC2)C1=O)c1ccccc1.Cl. The number of nitrogens with zero attached hydrogens (tertiary/aromatic N) is 2. The van der Waals surface area contributed by atoms with E-state index in [1.54, 1.807) is 11.9 Å². The predicted molar refractivity (Wildman–Crippen MR) is 92.8 cm³/mol. The van der Waals surface area contributed by atoms with Crippen molar-refractivity contribution >= 4 is 29.9 Å². The molecule has 0 bridgehead atoms. The maximum Gasteiger partial charge on any atom is 0.240 e. The van der Waals surface area contributed by atoms with Gasteiger partial charge in [0.1, 0.15) is 0 Å². The molecule has 0 aromatic heterocycles. The van der Waals surface area contributed by atoms with Crippen molar-refractivity contribution in [1.82, 2.24) is 10.2 Å². The second-order valence-corrected chi connectivity index (χ2v) is 6.23. The summed E-state index contributed by atoms with van der Waals surface area (Å²) in [7, 11) is 1.76. The average molecular weight is 338 g/mol. The van der Waals surface area contributed by atoms with Crippen molar-refractivity contribution in [3.63, 3.8) is 0 Å². The number of anilines is 1. The molecular weight excluding hydrogens is 314 g/mol. The summed E-state index contributed by atoms with van der Waals surface area (Å²) in [6.07, 6.45) is 2.68. The Kier molecular flexibility index (Phi) is 6.02. The molecule has 0 radical (unpaired) electrons. The van der Waals surface area contributed by atoms with E-state index < -0.39 is 0 Å². The summed E-state index contributed by atoms with van der Waals surface area (Å²) in [6.45, 7) is 2.39. The Morgan fingerprint density at radius 2 is 2.00 bits per heavy atom. The lowest BCUT2D eigenvalue weighted by Gasteiger charge is -2.33. The molecule has 1 heterocycles. The molecule has 126 valence electrons. The van der Waals surface area contributed by atoms with Crippen LogP contribution in [0, 0.1) is 5.92 Å². The molecule has 1 atom stereocenters. The van der Waals surface area contributed by atoms with E-state index in [4.69, 9.17) is 0 Å². The van der Waals surface area contributed by atoms with Gasteiger partial charge in [0.05, 0.1) is 12.5 Å². The molecule has 1 aromatic carbocycles. The van der Waals surface area contributed by atoms with Gasteiger partial charge in [-0.1, -0.05) is 18.2 Å². The standard InChI is InChI=1S/C17H23N3O2.ClH/c1-19(14-5-3-2-4-6-14)16(21)11-15-17(22)20(10-9-18-15)12-13-7-8-13;/h2-6,13,15,18H,7-12H2,1H3;1H. The van der Waals surface area contributed by atoms with Gasteiger partial charge in [-0.15, -0.1) is 12.4 Å². The molecule has 1 aliphatic heterocycles. The Morgan fingerprint density at radius 1 is 1.30 bits per heavy atom. The molecule has 6 heteroatoms. The molecule has 1 saturated heterocycles. The highest BCUT2D eigenvalue weighted by Crippen LogP contribution is 2.30. The van der Waals surface area contributed by atoms with E-state index in [1.807, 2.05) is 35.2 Å². The normalized spacial score (nSPS) is 20.8. The minimum absolute atomic E-state index is 0. The van der Waals surface area contributed by atoms with Crippen molar-refractivity contribution in [3.8, 4) is 0 Å². The number of carbonyl (C=O) groups is 2. The number of amides is 2. The van der Waals surface area contributed by atoms with E-state index >= 15 is 0 Å². The Labute approximate surface area is 143 Å². The minimum atomic E-state index is -0.383. The average Bonchev–Trinajstić information content (AvgIpc) is 3.35. The van der Waals surface area contributed by atoms with Gasteiger partial charge in [0.15, 0.2) is 0 Å². The molecule has 1 N–H and O–H groups in total. The first kappa shape index (κ1) is 17.8. The van der Waals surface area contributed by atoms with Crippen LogP contribution in [0.4, 0.5) is 5.69 Å². The largest absolute Gasteiger partial charge is 0.340 e. The molecule has 0 spiro atoms. The maximum absolute atomic E-state index is 12.5. The monoisotopic (exact) mass is 337 g/mol. The molecule has 1 saturated carbocycles. The second-order valence-electron chi connectivity index (χ2n) is 6.23. The van der Waals surface area contributed by atoms with Gasteiger partial charge in [-0.3, -0.25) is 9.59 Å². The van der Waals surface area contributed by atoms with Crippen LogP contribution < -0.4 is 10.2 Å². The van der Waals surface area contributed by atoms with Gasteiger partial charge in [-0.2, -0.15) is 0 Å². The van der Waals surface area contributed by atoms with Crippen LogP contribution in [0.15, 0.2) is 30.3 Å². The van der Waals surface area contributed by atoms with Crippen LogP contribution in [0.1, 0.15) is 19.3 Å². The topological polar surface area (TPSA) is 52.7 Å². The van der Waals surface area contributed by atoms with Gasteiger partial charge < -0.3 is 15.1 Å². The third kappa shape index (κ3) is 4.45. The van der Waals surface area contributed by atoms with Crippen molar-refractivity contribution in [2.24, 2.45) is 5.92 Å². The number of benzene rings is 1. The van der Waals surface area contributed by atoms with E-state index in [-0.39, 0.29) is 36.7 Å². The highest BCUT2D eigenvalue weighted by atomic mass is 35.5. The van der Waals surface area contributed by atoms with Crippen LogP contribution in [0.2, 0.25) is 0 Å². The number of rotatable bonds is 5. The second kappa shape index (κ2) is 7.79. The molecule has 3 rings (SSSR count). The predicted octanol–water partition coefficient (Wildman–Crippen LogP) is 1.67. The molecule has 5 nitrogen and oxygen atoms in total. The zero-order valence-corrected chi connectivity index (χ0v) is 14.2. The van der Waals surface area contributed by atoms with Crippen LogP contribution in [0.5, 0.6) is 0 Å². The summed E-state index contributed by atoms with van der Waals surface area (Å²) < 4.78 is 0. The van der Waals surface area contributed by atoms with E-state index in [0.717, 1.165) is 25.3 Å². The molecule has 23 heavy (non-hydrogen) atoms. The molecular formula is C17H24ClN3O2. The van der Waals surface area contributed by atoms with Gasteiger partial charge in [0, 0.05) is 32.4 Å². The zero-order valence-electron chi connectivity index (χ0n) is 13.4. The highest BCUT2D eigenvalue weighted by molar-refractivity contribution is 5.97. The first-order valence-corrected chi connectivity index (χ1v) is 7.99. The smallest absolute Gasteiger partial charge is 0.240 e. The van der Waals surface area contributed by atoms with Crippen LogP contribution in [-0.4, -0.2) is 49.4 Å². The number of hydrogen-bond donors (Lipinski definition) is 1. The minimum Gasteiger partial charge on any atom is -0.340 e. The molecule has 1 unspecified atom stereocenters. The fraction of sp³-hybridized carbons (Fsp3) is 0.529. The van der Waals surface area contributed by atoms with Gasteiger partial charge in [-0.25, -0.2) is 0 Å². The summed E-state index contributed by atoms with van der Waals surface area (Å²) >= 11 is 0. The Bertz CT molecular complexity index is 548. The van der Waals surface area contributed by atoms with Crippen LogP contribution in [-0.2, 0) is 9.59 Å². The van der Waals surface area contributed by atoms with Gasteiger partial charge >= 0.3 is 0 Å². The molecule has 2 aliphatic rings. The van der Waals surface area contributed by atoms with Crippen molar-refractivity contribution in [3.05, 3.63) is 30.3 Å². The molecule has 2 amide bonds. The van der Waals surface area contributed by atoms with Crippen molar-refractivity contribution in [1.29, 1.82) is 0 Å². The number of nitrogens with one attached hydrogen (secondary N) is 1. The van der Waals surface area contributed by atoms with Crippen molar-refractivity contribution in [2.45, 2.75) is 25.3 Å². The third-order valence-corrected chi connectivity index (χ3v) is 4.45. The van der Waals surface area contributed by atoms with Crippen LogP contribution in [0.3, 0.4) is 0 Å². The highest BCUT2D eigenvalue weighted by Gasteiger charge is 2.34. The summed E-state index contributed by atoms with van der Waals surface area (Å²) in [5.41, 5.74) is 0.852. The molecule has 1 aromatic rings. The van der Waals surface area contributed by atoms with E-state index in [9.17, 15) is 9.59 Å². The number of hydrogen-bond acceptors (Lipinski definition) is 3. The Hall–Kier alpha value is -1.59. The Morgan fingerprint density at radius 3 is 2.65 bits per heavy atom. The first-order valence-electron chi connectivity index (χ1n) is 7.99. The quantitative estimate of drug-likeness (QED) is 0.889. The Balaban J connectivity index is 0.00000192. The lowest BCUT2D eigenvalue weighted by Crippen LogP contribution is -2.56. The lowest BCUT2D eigenvalue weighted by atomic mass is 10.1. The van der Waals surface area contributed by atoms with Gasteiger partial charge in [-0.05, 0) is 30.9 Å². The maximum atomic E-state index is 12.5. The fourth-order valence-corrected chi connectivity index (χ4v) is 2.85. The third-order valence-electron chi connectivity index (χ3n) is 4.45. The van der Waals surface area contributed by atoms with Gasteiger partial charge in [0.2, 0.25) is 11.8 Å². The number of para-hydroxylation sites is 1. The number of halogens is 1. The van der Waals surface area contributed by atoms with Crippen LogP contribution >= 0.6 is 12.4 Å². The summed E-state index contributed by atoms with van der Waals surface area (Å²) in [5.74, 6) is 0.726. The van der Waals surface area contributed by atoms with Gasteiger partial charge in [0.25, 0.3) is 0 Å². The van der Waals surface area contributed by atoms with E-state index in [1.165, 1.54) is 12.8 Å². The lowest BCUT2D eigenvalue weighted by molar-refractivity contribution is -0.138. The fourth-order valence-electron chi connectivity index (χ4n) is 2.85. The number of piperazine rings is 1. The van der Waals surface area contributed by atoms with Crippen molar-refractivity contribution in [2.75, 3.05) is 31.6 Å². The summed E-state index contributed by atoms with van der Waals surface area (Å²) in [6, 6.07) is 9.14. The zero-order chi connectivity index (χ0) is 15.5. The first-order chi connectivity index (χ1) is 10.6. The van der Waals surface area contributed by atoms with E-state index in [0.29, 0.717) is 5.92 Å².